The summed E-state index contributed by atoms with van der Waals surface area (Å²) in [5.74, 6) is 0.122. The van der Waals surface area contributed by atoms with Crippen molar-refractivity contribution in [3.05, 3.63) is 92.9 Å². The first-order valence-electron chi connectivity index (χ1n) is 10.4. The van der Waals surface area contributed by atoms with Crippen molar-refractivity contribution < 1.29 is 4.79 Å². The summed E-state index contributed by atoms with van der Waals surface area (Å²) in [6.07, 6.45) is 2.06. The topological polar surface area (TPSA) is 58.4 Å². The smallest absolute Gasteiger partial charge is 0.287 e. The second kappa shape index (κ2) is 9.35. The highest BCUT2D eigenvalue weighted by Crippen LogP contribution is 2.23. The van der Waals surface area contributed by atoms with E-state index >= 15 is 0 Å². The molecule has 0 radical (unpaired) electrons. The minimum Gasteiger partial charge on any atom is -0.365 e. The van der Waals surface area contributed by atoms with Crippen LogP contribution in [0, 0.1) is 6.92 Å². The summed E-state index contributed by atoms with van der Waals surface area (Å²) in [6.45, 7) is 4.81. The molecular weight excluding hydrogens is 412 g/mol. The van der Waals surface area contributed by atoms with Crippen molar-refractivity contribution in [3.8, 4) is 0 Å². The number of anilines is 1. The molecule has 4 rings (SSSR count). The quantitative estimate of drug-likeness (QED) is 0.616. The average Bonchev–Trinajstić information content (AvgIpc) is 2.79. The fourth-order valence-corrected chi connectivity index (χ4v) is 4.09. The second-order valence-corrected chi connectivity index (χ2v) is 8.14. The van der Waals surface area contributed by atoms with Crippen LogP contribution >= 0.6 is 11.6 Å². The molecule has 0 bridgehead atoms. The fraction of sp³-hybridized carbons (Fsp3) is 0.292. The summed E-state index contributed by atoms with van der Waals surface area (Å²) < 4.78 is 1.38. The second-order valence-electron chi connectivity index (χ2n) is 7.76. The summed E-state index contributed by atoms with van der Waals surface area (Å²) in [6, 6.07) is 17.6. The van der Waals surface area contributed by atoms with Crippen LogP contribution in [0.15, 0.2) is 65.6 Å². The van der Waals surface area contributed by atoms with E-state index in [4.69, 9.17) is 11.6 Å². The van der Waals surface area contributed by atoms with Gasteiger partial charge in [-0.15, -0.1) is 0 Å². The number of amides is 1. The Kier molecular flexibility index (Phi) is 6.37. The van der Waals surface area contributed by atoms with Gasteiger partial charge in [-0.3, -0.25) is 9.59 Å². The minimum absolute atomic E-state index is 0.122. The van der Waals surface area contributed by atoms with Crippen LogP contribution in [0.4, 0.5) is 5.69 Å². The maximum absolute atomic E-state index is 12.7. The maximum Gasteiger partial charge on any atom is 0.287 e. The number of nitrogens with zero attached hydrogens (tertiary/aromatic N) is 4. The third-order valence-corrected chi connectivity index (χ3v) is 6.07. The van der Waals surface area contributed by atoms with Gasteiger partial charge in [0.05, 0.1) is 24.8 Å². The van der Waals surface area contributed by atoms with Crippen molar-refractivity contribution in [2.75, 3.05) is 31.1 Å². The Morgan fingerprint density at radius 2 is 1.68 bits per heavy atom. The van der Waals surface area contributed by atoms with Crippen molar-refractivity contribution in [1.29, 1.82) is 0 Å². The number of halogens is 1. The Hall–Kier alpha value is -3.12. The fourth-order valence-electron chi connectivity index (χ4n) is 3.83. The summed E-state index contributed by atoms with van der Waals surface area (Å²) in [5.41, 5.74) is 3.50. The third kappa shape index (κ3) is 4.80. The number of carbonyl (C=O) groups is 1. The molecule has 2 aromatic carbocycles. The largest absolute Gasteiger partial charge is 0.365 e. The zero-order valence-corrected chi connectivity index (χ0v) is 18.3. The Bertz CT molecular complexity index is 1120. The van der Waals surface area contributed by atoms with E-state index in [9.17, 15) is 9.59 Å². The molecule has 7 heteroatoms. The standard InChI is InChI=1S/C24H25ClN4O2/c1-18-7-5-6-10-20(18)15-22(30)28-13-11-27(12-14-28)21-16-26-29(24(31)23(21)25)17-19-8-3-2-4-9-19/h2-10,16H,11-15,17H2,1H3. The molecule has 0 aliphatic carbocycles. The van der Waals surface area contributed by atoms with Gasteiger partial charge in [0.1, 0.15) is 5.02 Å². The van der Waals surface area contributed by atoms with E-state index in [1.807, 2.05) is 71.3 Å². The predicted molar refractivity (Wildman–Crippen MR) is 123 cm³/mol. The SMILES string of the molecule is Cc1ccccc1CC(=O)N1CCN(c2cnn(Cc3ccccc3)c(=O)c2Cl)CC1. The van der Waals surface area contributed by atoms with Crippen LogP contribution in [-0.4, -0.2) is 46.8 Å². The minimum atomic E-state index is -0.305. The Morgan fingerprint density at radius 3 is 2.39 bits per heavy atom. The Labute approximate surface area is 186 Å². The monoisotopic (exact) mass is 436 g/mol. The number of aryl methyl sites for hydroxylation is 1. The van der Waals surface area contributed by atoms with Gasteiger partial charge in [0.15, 0.2) is 0 Å². The summed E-state index contributed by atoms with van der Waals surface area (Å²) in [4.78, 5) is 29.3. The zero-order valence-electron chi connectivity index (χ0n) is 17.5. The molecule has 1 aliphatic heterocycles. The van der Waals surface area contributed by atoms with E-state index in [0.29, 0.717) is 44.8 Å². The van der Waals surface area contributed by atoms with Gasteiger partial charge in [0.25, 0.3) is 5.56 Å². The van der Waals surface area contributed by atoms with E-state index in [-0.39, 0.29) is 16.5 Å². The maximum atomic E-state index is 12.7. The Morgan fingerprint density at radius 1 is 1.00 bits per heavy atom. The first-order chi connectivity index (χ1) is 15.0. The Balaban J connectivity index is 1.40. The number of hydrogen-bond donors (Lipinski definition) is 0. The molecule has 6 nitrogen and oxygen atoms in total. The number of aromatic nitrogens is 2. The molecule has 0 atom stereocenters. The van der Waals surface area contributed by atoms with Gasteiger partial charge in [-0.2, -0.15) is 5.10 Å². The van der Waals surface area contributed by atoms with Gasteiger partial charge in [0, 0.05) is 26.2 Å². The van der Waals surface area contributed by atoms with Crippen molar-refractivity contribution in [1.82, 2.24) is 14.7 Å². The van der Waals surface area contributed by atoms with Crippen molar-refractivity contribution in [2.45, 2.75) is 19.9 Å². The van der Waals surface area contributed by atoms with Crippen LogP contribution in [0.25, 0.3) is 0 Å². The molecule has 0 N–H and O–H groups in total. The van der Waals surface area contributed by atoms with Gasteiger partial charge in [0.2, 0.25) is 5.91 Å². The highest BCUT2D eigenvalue weighted by atomic mass is 35.5. The highest BCUT2D eigenvalue weighted by molar-refractivity contribution is 6.33. The lowest BCUT2D eigenvalue weighted by Crippen LogP contribution is -2.49. The number of benzene rings is 2. The molecule has 0 unspecified atom stereocenters. The molecule has 3 aromatic rings. The molecule has 2 heterocycles. The first kappa shape index (κ1) is 21.1. The van der Waals surface area contributed by atoms with Crippen LogP contribution in [0.1, 0.15) is 16.7 Å². The lowest BCUT2D eigenvalue weighted by molar-refractivity contribution is -0.130. The molecule has 1 amide bonds. The van der Waals surface area contributed by atoms with Crippen LogP contribution in [-0.2, 0) is 17.8 Å². The van der Waals surface area contributed by atoms with E-state index < -0.39 is 0 Å². The molecule has 31 heavy (non-hydrogen) atoms. The highest BCUT2D eigenvalue weighted by Gasteiger charge is 2.24. The summed E-state index contributed by atoms with van der Waals surface area (Å²) in [7, 11) is 0. The van der Waals surface area contributed by atoms with Crippen LogP contribution < -0.4 is 10.5 Å². The van der Waals surface area contributed by atoms with Crippen LogP contribution in [0.3, 0.4) is 0 Å². The normalized spacial score (nSPS) is 14.0. The number of rotatable bonds is 5. The van der Waals surface area contributed by atoms with Gasteiger partial charge in [-0.25, -0.2) is 4.68 Å². The molecule has 1 saturated heterocycles. The van der Waals surface area contributed by atoms with Gasteiger partial charge in [-0.05, 0) is 23.6 Å². The van der Waals surface area contributed by atoms with Gasteiger partial charge in [-0.1, -0.05) is 66.2 Å². The van der Waals surface area contributed by atoms with Crippen LogP contribution in [0.2, 0.25) is 5.02 Å². The summed E-state index contributed by atoms with van der Waals surface area (Å²) >= 11 is 6.43. The zero-order chi connectivity index (χ0) is 21.8. The van der Waals surface area contributed by atoms with E-state index in [1.54, 1.807) is 6.20 Å². The lowest BCUT2D eigenvalue weighted by atomic mass is 10.1. The average molecular weight is 437 g/mol. The third-order valence-electron chi connectivity index (χ3n) is 5.72. The van der Waals surface area contributed by atoms with Crippen LogP contribution in [0.5, 0.6) is 0 Å². The molecule has 0 saturated carbocycles. The number of hydrogen-bond acceptors (Lipinski definition) is 4. The number of piperazine rings is 1. The lowest BCUT2D eigenvalue weighted by Gasteiger charge is -2.36. The molecule has 160 valence electrons. The van der Waals surface area contributed by atoms with E-state index in [2.05, 4.69) is 5.10 Å². The predicted octanol–water partition coefficient (Wildman–Crippen LogP) is 3.14. The van der Waals surface area contributed by atoms with E-state index in [1.165, 1.54) is 4.68 Å². The molecule has 1 fully saturated rings. The summed E-state index contributed by atoms with van der Waals surface area (Å²) in [5, 5.41) is 4.50. The first-order valence-corrected chi connectivity index (χ1v) is 10.8. The van der Waals surface area contributed by atoms with Crippen molar-refractivity contribution >= 4 is 23.2 Å². The van der Waals surface area contributed by atoms with E-state index in [0.717, 1.165) is 16.7 Å². The van der Waals surface area contributed by atoms with Crippen molar-refractivity contribution in [2.24, 2.45) is 0 Å². The van der Waals surface area contributed by atoms with Crippen molar-refractivity contribution in [3.63, 3.8) is 0 Å². The molecule has 1 aromatic heterocycles. The van der Waals surface area contributed by atoms with Gasteiger partial charge >= 0.3 is 0 Å². The van der Waals surface area contributed by atoms with Gasteiger partial charge < -0.3 is 9.80 Å². The molecule has 0 spiro atoms. The molecule has 1 aliphatic rings. The molecular formula is C24H25ClN4O2. The number of carbonyl (C=O) groups excluding carboxylic acids is 1.